The molecule has 0 amide bonds. The summed E-state index contributed by atoms with van der Waals surface area (Å²) in [5.41, 5.74) is 1.22. The summed E-state index contributed by atoms with van der Waals surface area (Å²) >= 11 is 0. The summed E-state index contributed by atoms with van der Waals surface area (Å²) in [5.74, 6) is 0.150. The van der Waals surface area contributed by atoms with Gasteiger partial charge in [-0.15, -0.1) is 0 Å². The molecule has 0 aliphatic carbocycles. The van der Waals surface area contributed by atoms with Gasteiger partial charge >= 0.3 is 0 Å². The van der Waals surface area contributed by atoms with Gasteiger partial charge in [0, 0.05) is 11.5 Å². The van der Waals surface area contributed by atoms with Gasteiger partial charge in [0.25, 0.3) is 0 Å². The number of carbonyl (C=O) groups excluding carboxylic acids is 1. The number of ketones is 1. The Morgan fingerprint density at radius 1 is 1.00 bits per heavy atom. The quantitative estimate of drug-likeness (QED) is 0.798. The summed E-state index contributed by atoms with van der Waals surface area (Å²) in [7, 11) is 2.90. The van der Waals surface area contributed by atoms with Gasteiger partial charge in [-0.1, -0.05) is 13.0 Å². The summed E-state index contributed by atoms with van der Waals surface area (Å²) in [6.07, 6.45) is 0.593. The summed E-state index contributed by atoms with van der Waals surface area (Å²) < 4.78 is 10.2. The largest absolute Gasteiger partial charge is 0.504 e. The molecule has 5 heteroatoms. The number of carbonyl (C=O) groups is 1. The van der Waals surface area contributed by atoms with Gasteiger partial charge in [-0.2, -0.15) is 0 Å². The van der Waals surface area contributed by atoms with Crippen LogP contribution in [0, 0.1) is 0 Å². The van der Waals surface area contributed by atoms with E-state index in [0.29, 0.717) is 17.7 Å². The lowest BCUT2D eigenvalue weighted by Crippen LogP contribution is -2.12. The summed E-state index contributed by atoms with van der Waals surface area (Å²) in [6.45, 7) is 1.92. The summed E-state index contributed by atoms with van der Waals surface area (Å²) in [6, 6.07) is 9.43. The third-order valence-corrected chi connectivity index (χ3v) is 3.80. The van der Waals surface area contributed by atoms with Crippen LogP contribution >= 0.6 is 0 Å². The van der Waals surface area contributed by atoms with E-state index in [4.69, 9.17) is 9.47 Å². The maximum absolute atomic E-state index is 12.8. The van der Waals surface area contributed by atoms with Crippen LogP contribution in [0.3, 0.4) is 0 Å². The van der Waals surface area contributed by atoms with Gasteiger partial charge in [0.1, 0.15) is 0 Å². The zero-order valence-corrected chi connectivity index (χ0v) is 13.4. The van der Waals surface area contributed by atoms with Crippen molar-refractivity contribution in [3.63, 3.8) is 0 Å². The fourth-order valence-corrected chi connectivity index (χ4v) is 2.52. The van der Waals surface area contributed by atoms with Crippen molar-refractivity contribution in [1.29, 1.82) is 0 Å². The predicted octanol–water partition coefficient (Wildman–Crippen LogP) is 3.49. The first-order valence-electron chi connectivity index (χ1n) is 7.29. The molecule has 2 aromatic rings. The van der Waals surface area contributed by atoms with E-state index in [9.17, 15) is 15.0 Å². The van der Waals surface area contributed by atoms with Gasteiger partial charge < -0.3 is 19.7 Å². The molecule has 0 radical (unpaired) electrons. The molecule has 1 unspecified atom stereocenters. The maximum atomic E-state index is 12.8. The first-order valence-corrected chi connectivity index (χ1v) is 7.29. The van der Waals surface area contributed by atoms with Crippen LogP contribution in [0.5, 0.6) is 23.0 Å². The van der Waals surface area contributed by atoms with Crippen molar-refractivity contribution in [1.82, 2.24) is 0 Å². The van der Waals surface area contributed by atoms with Crippen molar-refractivity contribution >= 4 is 5.78 Å². The van der Waals surface area contributed by atoms with Gasteiger partial charge in [-0.25, -0.2) is 0 Å². The second-order valence-electron chi connectivity index (χ2n) is 5.14. The monoisotopic (exact) mass is 316 g/mol. The molecule has 0 saturated carbocycles. The van der Waals surface area contributed by atoms with Crippen LogP contribution in [-0.2, 0) is 0 Å². The molecule has 23 heavy (non-hydrogen) atoms. The fraction of sp³-hybridized carbons (Fsp3) is 0.278. The van der Waals surface area contributed by atoms with Crippen molar-refractivity contribution in [2.75, 3.05) is 14.2 Å². The average molecular weight is 316 g/mol. The molecule has 0 bridgehead atoms. The average Bonchev–Trinajstić information content (AvgIpc) is 2.57. The van der Waals surface area contributed by atoms with E-state index in [1.807, 2.05) is 6.92 Å². The fourth-order valence-electron chi connectivity index (χ4n) is 2.52. The number of benzene rings is 2. The van der Waals surface area contributed by atoms with E-state index in [1.165, 1.54) is 32.4 Å². The summed E-state index contributed by atoms with van der Waals surface area (Å²) in [5, 5.41) is 19.3. The van der Waals surface area contributed by atoms with Crippen LogP contribution in [0.25, 0.3) is 0 Å². The summed E-state index contributed by atoms with van der Waals surface area (Å²) in [4.78, 5) is 12.8. The van der Waals surface area contributed by atoms with Crippen LogP contribution < -0.4 is 9.47 Å². The van der Waals surface area contributed by atoms with E-state index >= 15 is 0 Å². The van der Waals surface area contributed by atoms with Gasteiger partial charge in [0.15, 0.2) is 28.8 Å². The van der Waals surface area contributed by atoms with Crippen molar-refractivity contribution in [3.8, 4) is 23.0 Å². The number of Topliss-reactive ketones (excluding diaryl/α,β-unsaturated/α-hetero) is 1. The highest BCUT2D eigenvalue weighted by atomic mass is 16.5. The Hall–Kier alpha value is -2.69. The Labute approximate surface area is 135 Å². The lowest BCUT2D eigenvalue weighted by Gasteiger charge is -2.16. The molecule has 122 valence electrons. The number of hydrogen-bond acceptors (Lipinski definition) is 5. The second-order valence-corrected chi connectivity index (χ2v) is 5.14. The van der Waals surface area contributed by atoms with Crippen LogP contribution in [0.4, 0.5) is 0 Å². The first kappa shape index (κ1) is 16.7. The number of methoxy groups -OCH3 is 2. The van der Waals surface area contributed by atoms with Crippen molar-refractivity contribution in [2.24, 2.45) is 0 Å². The molecular formula is C18H20O5. The molecule has 0 spiro atoms. The van der Waals surface area contributed by atoms with Crippen molar-refractivity contribution in [2.45, 2.75) is 19.3 Å². The van der Waals surface area contributed by atoms with Gasteiger partial charge in [0.05, 0.1) is 14.2 Å². The number of aromatic hydroxyl groups is 2. The van der Waals surface area contributed by atoms with Crippen LogP contribution in [-0.4, -0.2) is 30.2 Å². The smallest absolute Gasteiger partial charge is 0.170 e. The third-order valence-electron chi connectivity index (χ3n) is 3.80. The Bertz CT molecular complexity index is 709. The predicted molar refractivity (Wildman–Crippen MR) is 86.7 cm³/mol. The van der Waals surface area contributed by atoms with Crippen molar-refractivity contribution in [3.05, 3.63) is 47.5 Å². The van der Waals surface area contributed by atoms with E-state index in [0.717, 1.165) is 5.56 Å². The highest BCUT2D eigenvalue weighted by Gasteiger charge is 2.22. The Kier molecular flexibility index (Phi) is 5.11. The normalized spacial score (nSPS) is 11.8. The molecule has 0 aliphatic heterocycles. The zero-order valence-electron chi connectivity index (χ0n) is 13.4. The number of hydrogen-bond donors (Lipinski definition) is 2. The zero-order chi connectivity index (χ0) is 17.0. The van der Waals surface area contributed by atoms with Gasteiger partial charge in [-0.05, 0) is 42.3 Å². The highest BCUT2D eigenvalue weighted by Crippen LogP contribution is 2.34. The molecule has 0 saturated heterocycles. The standard InChI is InChI=1S/C18H20O5/c1-4-13(11-5-7-14(19)16(9-11)22-2)18(21)12-6-8-15(20)17(10-12)23-3/h5-10,13,19-20H,4H2,1-3H3. The van der Waals surface area contributed by atoms with Crippen molar-refractivity contribution < 1.29 is 24.5 Å². The van der Waals surface area contributed by atoms with E-state index in [2.05, 4.69) is 0 Å². The molecule has 0 heterocycles. The molecule has 2 aromatic carbocycles. The van der Waals surface area contributed by atoms with Crippen LogP contribution in [0.1, 0.15) is 35.2 Å². The Morgan fingerprint density at radius 3 is 2.13 bits per heavy atom. The first-order chi connectivity index (χ1) is 11.0. The Balaban J connectivity index is 2.39. The van der Waals surface area contributed by atoms with Crippen LogP contribution in [0.15, 0.2) is 36.4 Å². The van der Waals surface area contributed by atoms with E-state index < -0.39 is 0 Å². The highest BCUT2D eigenvalue weighted by molar-refractivity contribution is 6.01. The molecule has 0 aliphatic rings. The third kappa shape index (κ3) is 3.39. The van der Waals surface area contributed by atoms with E-state index in [1.54, 1.807) is 18.2 Å². The number of phenolic OH excluding ortho intramolecular Hbond substituents is 2. The molecule has 0 aromatic heterocycles. The molecule has 0 fully saturated rings. The minimum atomic E-state index is -0.376. The molecule has 2 N–H and O–H groups in total. The molecular weight excluding hydrogens is 296 g/mol. The van der Waals surface area contributed by atoms with Gasteiger partial charge in [-0.3, -0.25) is 4.79 Å². The minimum Gasteiger partial charge on any atom is -0.504 e. The molecule has 2 rings (SSSR count). The number of ether oxygens (including phenoxy) is 2. The lowest BCUT2D eigenvalue weighted by molar-refractivity contribution is 0.0957. The van der Waals surface area contributed by atoms with Crippen LogP contribution in [0.2, 0.25) is 0 Å². The SMILES string of the molecule is CCC(C(=O)c1ccc(O)c(OC)c1)c1ccc(O)c(OC)c1. The Morgan fingerprint density at radius 2 is 1.57 bits per heavy atom. The topological polar surface area (TPSA) is 76.0 Å². The van der Waals surface area contributed by atoms with Gasteiger partial charge in [0.2, 0.25) is 0 Å². The number of rotatable bonds is 6. The molecule has 1 atom stereocenters. The maximum Gasteiger partial charge on any atom is 0.170 e. The minimum absolute atomic E-state index is 0.0107. The van der Waals surface area contributed by atoms with E-state index in [-0.39, 0.29) is 28.9 Å². The molecule has 5 nitrogen and oxygen atoms in total. The second kappa shape index (κ2) is 7.05. The lowest BCUT2D eigenvalue weighted by atomic mass is 9.88. The number of phenols is 2.